The van der Waals surface area contributed by atoms with E-state index in [0.29, 0.717) is 0 Å². The van der Waals surface area contributed by atoms with Crippen molar-refractivity contribution in [1.82, 2.24) is 0 Å². The summed E-state index contributed by atoms with van der Waals surface area (Å²) in [5.74, 6) is 0.352. The second kappa shape index (κ2) is 7.58. The topological polar surface area (TPSA) is 113 Å². The van der Waals surface area contributed by atoms with Crippen LogP contribution in [0, 0.1) is 0 Å². The molecule has 0 spiro atoms. The molecule has 5 rings (SSSR count). The van der Waals surface area contributed by atoms with Gasteiger partial charge in [0.05, 0.1) is 6.10 Å². The van der Waals surface area contributed by atoms with Crippen LogP contribution in [0.4, 0.5) is 0 Å². The third-order valence-corrected chi connectivity index (χ3v) is 7.37. The molecule has 7 nitrogen and oxygen atoms in total. The molecule has 2 aliphatic heterocycles. The fourth-order valence-corrected chi connectivity index (χ4v) is 5.75. The van der Waals surface area contributed by atoms with Crippen LogP contribution in [0.3, 0.4) is 0 Å². The molecule has 0 aliphatic carbocycles. The molecule has 164 valence electrons. The van der Waals surface area contributed by atoms with Gasteiger partial charge in [0.1, 0.15) is 34.4 Å². The third-order valence-electron chi connectivity index (χ3n) is 5.77. The molecule has 3 aromatic rings. The molecule has 2 aliphatic rings. The number of phenolic OH excluding ortho intramolecular Hbond substituents is 3. The molecule has 0 unspecified atom stereocenters. The molecule has 0 saturated carbocycles. The van der Waals surface area contributed by atoms with E-state index >= 15 is 0 Å². The summed E-state index contributed by atoms with van der Waals surface area (Å²) in [5.41, 5.74) is 3.14. The van der Waals surface area contributed by atoms with E-state index in [1.54, 1.807) is 48.5 Å². The summed E-state index contributed by atoms with van der Waals surface area (Å²) in [4.78, 5) is 0. The number of rotatable bonds is 5. The molecule has 2 bridgehead atoms. The zero-order chi connectivity index (χ0) is 22.5. The summed E-state index contributed by atoms with van der Waals surface area (Å²) in [6.45, 7) is 0. The Morgan fingerprint density at radius 1 is 0.719 bits per heavy atom. The molecule has 3 aromatic carbocycles. The van der Waals surface area contributed by atoms with E-state index in [2.05, 4.69) is 0 Å². The van der Waals surface area contributed by atoms with E-state index in [9.17, 15) is 23.7 Å². The zero-order valence-electron chi connectivity index (χ0n) is 16.8. The first kappa shape index (κ1) is 20.4. The molecule has 2 heterocycles. The monoisotopic (exact) mass is 452 g/mol. The first-order valence-electron chi connectivity index (χ1n) is 10.0. The molecule has 0 aromatic heterocycles. The quantitative estimate of drug-likeness (QED) is 0.506. The minimum absolute atomic E-state index is 0.00842. The van der Waals surface area contributed by atoms with Gasteiger partial charge in [-0.15, -0.1) is 0 Å². The predicted molar refractivity (Wildman–Crippen MR) is 118 cm³/mol. The molecule has 3 atom stereocenters. The molecule has 1 saturated heterocycles. The zero-order valence-corrected chi connectivity index (χ0v) is 17.6. The standard InChI is InChI=1S/C24H20O7S/c25-16-5-1-14(2-6-16)22-20-13-21(32(28,29)31-19-11-9-18(27)10-12-19)24(30-20)23(22)15-3-7-17(26)8-4-15/h1-12,20-21,24-27H,13H2/t20-,21+,24+/m1/s1. The second-order valence-electron chi connectivity index (χ2n) is 7.81. The first-order valence-corrected chi connectivity index (χ1v) is 11.5. The molecule has 8 heteroatoms. The Morgan fingerprint density at radius 3 is 1.72 bits per heavy atom. The van der Waals surface area contributed by atoms with Crippen molar-refractivity contribution < 1.29 is 32.7 Å². The van der Waals surface area contributed by atoms with Crippen molar-refractivity contribution in [3.63, 3.8) is 0 Å². The molecule has 0 radical (unpaired) electrons. The van der Waals surface area contributed by atoms with Crippen molar-refractivity contribution >= 4 is 21.3 Å². The second-order valence-corrected chi connectivity index (χ2v) is 9.57. The minimum atomic E-state index is -4.05. The summed E-state index contributed by atoms with van der Waals surface area (Å²) in [5, 5.41) is 27.9. The normalized spacial score (nSPS) is 22.3. The van der Waals surface area contributed by atoms with Crippen molar-refractivity contribution in [3.05, 3.63) is 83.9 Å². The van der Waals surface area contributed by atoms with Crippen LogP contribution in [-0.4, -0.2) is 41.2 Å². The van der Waals surface area contributed by atoms with Gasteiger partial charge in [-0.2, -0.15) is 8.42 Å². The lowest BCUT2D eigenvalue weighted by Gasteiger charge is -2.24. The van der Waals surface area contributed by atoms with Gasteiger partial charge in [-0.25, -0.2) is 0 Å². The Bertz CT molecular complexity index is 1280. The summed E-state index contributed by atoms with van der Waals surface area (Å²) in [7, 11) is -4.05. The van der Waals surface area contributed by atoms with Crippen molar-refractivity contribution in [2.45, 2.75) is 23.9 Å². The summed E-state index contributed by atoms with van der Waals surface area (Å²) < 4.78 is 37.7. The Balaban J connectivity index is 1.56. The van der Waals surface area contributed by atoms with Crippen LogP contribution in [0.15, 0.2) is 72.8 Å². The van der Waals surface area contributed by atoms with Crippen molar-refractivity contribution in [1.29, 1.82) is 0 Å². The van der Waals surface area contributed by atoms with E-state index in [0.717, 1.165) is 22.3 Å². The maximum atomic E-state index is 13.1. The van der Waals surface area contributed by atoms with Gasteiger partial charge in [0.25, 0.3) is 0 Å². The minimum Gasteiger partial charge on any atom is -0.508 e. The maximum Gasteiger partial charge on any atom is 0.315 e. The van der Waals surface area contributed by atoms with Crippen LogP contribution >= 0.6 is 0 Å². The van der Waals surface area contributed by atoms with Crippen molar-refractivity contribution in [2.75, 3.05) is 0 Å². The highest BCUT2D eigenvalue weighted by atomic mass is 32.2. The molecular weight excluding hydrogens is 432 g/mol. The van der Waals surface area contributed by atoms with Crippen LogP contribution < -0.4 is 4.18 Å². The van der Waals surface area contributed by atoms with E-state index in [1.165, 1.54) is 24.3 Å². The van der Waals surface area contributed by atoms with Gasteiger partial charge in [0.15, 0.2) is 0 Å². The SMILES string of the molecule is O=S(=O)(Oc1ccc(O)cc1)[C@H]1C[C@H]2O[C@@H]1C(c1ccc(O)cc1)=C2c1ccc(O)cc1. The van der Waals surface area contributed by atoms with Gasteiger partial charge in [-0.3, -0.25) is 0 Å². The molecular formula is C24H20O7S. The smallest absolute Gasteiger partial charge is 0.315 e. The number of fused-ring (bicyclic) bond motifs is 2. The Kier molecular flexibility index (Phi) is 4.83. The van der Waals surface area contributed by atoms with Gasteiger partial charge in [0, 0.05) is 6.42 Å². The highest BCUT2D eigenvalue weighted by molar-refractivity contribution is 7.87. The average Bonchev–Trinajstić information content (AvgIpc) is 3.36. The third kappa shape index (κ3) is 3.57. The first-order chi connectivity index (χ1) is 15.3. The van der Waals surface area contributed by atoms with Crippen LogP contribution in [0.2, 0.25) is 0 Å². The van der Waals surface area contributed by atoms with Crippen LogP contribution in [0.5, 0.6) is 23.0 Å². The number of hydrogen-bond acceptors (Lipinski definition) is 7. The summed E-state index contributed by atoms with van der Waals surface area (Å²) in [6.07, 6.45) is -0.991. The van der Waals surface area contributed by atoms with Gasteiger partial charge in [-0.1, -0.05) is 24.3 Å². The fourth-order valence-electron chi connectivity index (χ4n) is 4.33. The Hall–Kier alpha value is -3.49. The lowest BCUT2D eigenvalue weighted by Crippen LogP contribution is -2.35. The Labute approximate surface area is 184 Å². The number of hydrogen-bond donors (Lipinski definition) is 3. The highest BCUT2D eigenvalue weighted by Gasteiger charge is 2.53. The molecule has 0 amide bonds. The van der Waals surface area contributed by atoms with Gasteiger partial charge < -0.3 is 24.2 Å². The number of benzene rings is 3. The van der Waals surface area contributed by atoms with E-state index in [4.69, 9.17) is 8.92 Å². The van der Waals surface area contributed by atoms with Crippen molar-refractivity contribution in [2.24, 2.45) is 0 Å². The van der Waals surface area contributed by atoms with Crippen LogP contribution in [0.1, 0.15) is 17.5 Å². The van der Waals surface area contributed by atoms with Crippen molar-refractivity contribution in [3.8, 4) is 23.0 Å². The van der Waals surface area contributed by atoms with E-state index in [1.807, 2.05) is 0 Å². The molecule has 1 fully saturated rings. The number of phenols is 3. The summed E-state index contributed by atoms with van der Waals surface area (Å²) in [6, 6.07) is 18.7. The molecule has 3 N–H and O–H groups in total. The highest BCUT2D eigenvalue weighted by Crippen LogP contribution is 2.51. The van der Waals surface area contributed by atoms with Gasteiger partial charge in [-0.05, 0) is 70.8 Å². The average molecular weight is 452 g/mol. The van der Waals surface area contributed by atoms with Gasteiger partial charge >= 0.3 is 10.1 Å². The lowest BCUT2D eigenvalue weighted by molar-refractivity contribution is 0.128. The Morgan fingerprint density at radius 2 is 1.19 bits per heavy atom. The molecule has 32 heavy (non-hydrogen) atoms. The predicted octanol–water partition coefficient (Wildman–Crippen LogP) is 3.66. The number of aromatic hydroxyl groups is 3. The summed E-state index contributed by atoms with van der Waals surface area (Å²) >= 11 is 0. The largest absolute Gasteiger partial charge is 0.508 e. The number of ether oxygens (including phenoxy) is 1. The lowest BCUT2D eigenvalue weighted by atomic mass is 9.83. The van der Waals surface area contributed by atoms with Crippen LogP contribution in [0.25, 0.3) is 11.1 Å². The fraction of sp³-hybridized carbons (Fsp3) is 0.167. The van der Waals surface area contributed by atoms with Gasteiger partial charge in [0.2, 0.25) is 0 Å². The maximum absolute atomic E-state index is 13.1. The van der Waals surface area contributed by atoms with Crippen LogP contribution in [-0.2, 0) is 14.9 Å². The van der Waals surface area contributed by atoms with E-state index in [-0.39, 0.29) is 29.4 Å². The van der Waals surface area contributed by atoms with E-state index < -0.39 is 27.6 Å².